The van der Waals surface area contributed by atoms with Gasteiger partial charge in [0.15, 0.2) is 12.3 Å². The average Bonchev–Trinajstić information content (AvgIpc) is 2.66. The van der Waals surface area contributed by atoms with Gasteiger partial charge in [-0.25, -0.2) is 9.36 Å². The lowest BCUT2D eigenvalue weighted by molar-refractivity contribution is -0.930. The Kier molecular flexibility index (Phi) is 2.93. The van der Waals surface area contributed by atoms with Crippen LogP contribution in [-0.4, -0.2) is 28.9 Å². The minimum atomic E-state index is -0.316. The maximum absolute atomic E-state index is 11.8. The standard InChI is InChI=1S/C13H16N2O3/c16-10-4-3-7-14(8-10)9-15-11-5-1-2-6-12(11)18-13(15)17/h1-2,5-6,10,16H,3-4,7-9H2/p+1/t10-/m0/s1. The van der Waals surface area contributed by atoms with Crippen LogP contribution in [0.1, 0.15) is 12.8 Å². The SMILES string of the molecule is O=c1oc2ccccc2n1C[NH+]1CCC[C@H](O)C1. The molecule has 1 unspecified atom stereocenters. The van der Waals surface area contributed by atoms with E-state index < -0.39 is 0 Å². The van der Waals surface area contributed by atoms with Crippen molar-refractivity contribution in [2.45, 2.75) is 25.6 Å². The quantitative estimate of drug-likeness (QED) is 0.761. The number of likely N-dealkylation sites (tertiary alicyclic amines) is 1. The van der Waals surface area contributed by atoms with Gasteiger partial charge in [0.05, 0.1) is 12.1 Å². The molecule has 1 aromatic carbocycles. The summed E-state index contributed by atoms with van der Waals surface area (Å²) >= 11 is 0. The van der Waals surface area contributed by atoms with Crippen molar-refractivity contribution in [3.8, 4) is 0 Å². The van der Waals surface area contributed by atoms with E-state index >= 15 is 0 Å². The Bertz CT molecular complexity index is 602. The molecule has 1 aromatic heterocycles. The highest BCUT2D eigenvalue weighted by molar-refractivity contribution is 5.72. The van der Waals surface area contributed by atoms with E-state index in [0.717, 1.165) is 24.9 Å². The van der Waals surface area contributed by atoms with Gasteiger partial charge in [-0.3, -0.25) is 0 Å². The number of aliphatic hydroxyl groups is 1. The summed E-state index contributed by atoms with van der Waals surface area (Å²) in [7, 11) is 0. The summed E-state index contributed by atoms with van der Waals surface area (Å²) in [5.74, 6) is -0.316. The number of benzene rings is 1. The van der Waals surface area contributed by atoms with E-state index in [-0.39, 0.29) is 11.9 Å². The molecule has 18 heavy (non-hydrogen) atoms. The van der Waals surface area contributed by atoms with Crippen molar-refractivity contribution < 1.29 is 14.4 Å². The fraction of sp³-hybridized carbons (Fsp3) is 0.462. The van der Waals surface area contributed by atoms with Crippen LogP contribution in [0.5, 0.6) is 0 Å². The number of nitrogens with zero attached hydrogens (tertiary/aromatic N) is 1. The van der Waals surface area contributed by atoms with Crippen LogP contribution in [0.4, 0.5) is 0 Å². The Morgan fingerprint density at radius 1 is 1.44 bits per heavy atom. The van der Waals surface area contributed by atoms with Gasteiger partial charge in [-0.1, -0.05) is 12.1 Å². The first-order valence-electron chi connectivity index (χ1n) is 6.34. The summed E-state index contributed by atoms with van der Waals surface area (Å²) in [4.78, 5) is 13.0. The first-order chi connectivity index (χ1) is 8.74. The van der Waals surface area contributed by atoms with Crippen molar-refractivity contribution in [3.05, 3.63) is 34.8 Å². The lowest BCUT2D eigenvalue weighted by atomic mass is 10.1. The number of rotatable bonds is 2. The molecule has 0 aliphatic carbocycles. The van der Waals surface area contributed by atoms with Crippen molar-refractivity contribution in [1.82, 2.24) is 4.57 Å². The second-order valence-corrected chi connectivity index (χ2v) is 4.92. The fourth-order valence-electron chi connectivity index (χ4n) is 2.66. The van der Waals surface area contributed by atoms with Crippen LogP contribution in [0.25, 0.3) is 11.1 Å². The Labute approximate surface area is 104 Å². The molecule has 3 rings (SSSR count). The second-order valence-electron chi connectivity index (χ2n) is 4.92. The van der Waals surface area contributed by atoms with E-state index in [9.17, 15) is 9.90 Å². The third kappa shape index (κ3) is 2.07. The Hall–Kier alpha value is -1.59. The predicted molar refractivity (Wildman–Crippen MR) is 66.4 cm³/mol. The average molecular weight is 249 g/mol. The fourth-order valence-corrected chi connectivity index (χ4v) is 2.66. The van der Waals surface area contributed by atoms with Crippen LogP contribution in [0.15, 0.2) is 33.5 Å². The van der Waals surface area contributed by atoms with Crippen LogP contribution in [0.3, 0.4) is 0 Å². The molecule has 5 heteroatoms. The highest BCUT2D eigenvalue weighted by atomic mass is 16.4. The molecule has 1 aliphatic heterocycles. The number of para-hydroxylation sites is 2. The van der Waals surface area contributed by atoms with Gasteiger partial charge in [-0.2, -0.15) is 0 Å². The molecule has 0 spiro atoms. The molecular weight excluding hydrogens is 232 g/mol. The first kappa shape index (κ1) is 11.5. The number of hydrogen-bond acceptors (Lipinski definition) is 3. The molecule has 0 amide bonds. The minimum Gasteiger partial charge on any atom is -0.408 e. The highest BCUT2D eigenvalue weighted by Gasteiger charge is 2.22. The van der Waals surface area contributed by atoms with Crippen molar-refractivity contribution in [3.63, 3.8) is 0 Å². The molecule has 1 saturated heterocycles. The number of hydrogen-bond donors (Lipinski definition) is 2. The summed E-state index contributed by atoms with van der Waals surface area (Å²) in [6, 6.07) is 7.44. The highest BCUT2D eigenvalue weighted by Crippen LogP contribution is 2.10. The second kappa shape index (κ2) is 4.59. The van der Waals surface area contributed by atoms with E-state index in [2.05, 4.69) is 0 Å². The third-order valence-electron chi connectivity index (χ3n) is 3.55. The number of piperidine rings is 1. The molecule has 96 valence electrons. The largest absolute Gasteiger partial charge is 0.424 e. The normalized spacial score (nSPS) is 24.5. The number of nitrogens with one attached hydrogen (secondary N) is 1. The maximum Gasteiger partial charge on any atom is 0.424 e. The van der Waals surface area contributed by atoms with E-state index in [4.69, 9.17) is 4.42 Å². The van der Waals surface area contributed by atoms with Gasteiger partial charge in [0, 0.05) is 0 Å². The molecular formula is C13H17N2O3+. The van der Waals surface area contributed by atoms with E-state index in [0.29, 0.717) is 18.8 Å². The Morgan fingerprint density at radius 3 is 3.11 bits per heavy atom. The van der Waals surface area contributed by atoms with Gasteiger partial charge in [0.25, 0.3) is 0 Å². The van der Waals surface area contributed by atoms with Crippen LogP contribution in [0, 0.1) is 0 Å². The third-order valence-corrected chi connectivity index (χ3v) is 3.55. The van der Waals surface area contributed by atoms with Gasteiger partial charge < -0.3 is 14.4 Å². The van der Waals surface area contributed by atoms with Crippen molar-refractivity contribution in [2.24, 2.45) is 0 Å². The monoisotopic (exact) mass is 249 g/mol. The molecule has 0 radical (unpaired) electrons. The van der Waals surface area contributed by atoms with Gasteiger partial charge in [-0.15, -0.1) is 0 Å². The lowest BCUT2D eigenvalue weighted by Crippen LogP contribution is -3.13. The Morgan fingerprint density at radius 2 is 2.28 bits per heavy atom. The summed E-state index contributed by atoms with van der Waals surface area (Å²) in [5.41, 5.74) is 1.45. The van der Waals surface area contributed by atoms with Gasteiger partial charge in [0.1, 0.15) is 12.6 Å². The molecule has 2 N–H and O–H groups in total. The molecule has 0 bridgehead atoms. The van der Waals surface area contributed by atoms with E-state index in [1.54, 1.807) is 10.6 Å². The summed E-state index contributed by atoms with van der Waals surface area (Å²) < 4.78 is 6.85. The van der Waals surface area contributed by atoms with Crippen molar-refractivity contribution in [2.75, 3.05) is 13.1 Å². The van der Waals surface area contributed by atoms with Gasteiger partial charge in [-0.05, 0) is 25.0 Å². The zero-order chi connectivity index (χ0) is 12.5. The molecule has 5 nitrogen and oxygen atoms in total. The molecule has 2 atom stereocenters. The smallest absolute Gasteiger partial charge is 0.408 e. The van der Waals surface area contributed by atoms with Crippen LogP contribution < -0.4 is 10.7 Å². The zero-order valence-corrected chi connectivity index (χ0v) is 10.1. The molecule has 0 saturated carbocycles. The van der Waals surface area contributed by atoms with Crippen LogP contribution in [0.2, 0.25) is 0 Å². The number of quaternary nitrogens is 1. The first-order valence-corrected chi connectivity index (χ1v) is 6.34. The Balaban J connectivity index is 1.90. The zero-order valence-electron chi connectivity index (χ0n) is 10.1. The van der Waals surface area contributed by atoms with Crippen molar-refractivity contribution >= 4 is 11.1 Å². The summed E-state index contributed by atoms with van der Waals surface area (Å²) in [5, 5.41) is 9.66. The predicted octanol–water partition coefficient (Wildman–Crippen LogP) is -0.408. The molecule has 1 aliphatic rings. The summed E-state index contributed by atoms with van der Waals surface area (Å²) in [6.45, 7) is 2.25. The van der Waals surface area contributed by atoms with Crippen molar-refractivity contribution in [1.29, 1.82) is 0 Å². The van der Waals surface area contributed by atoms with E-state index in [1.165, 1.54) is 4.90 Å². The molecule has 2 aromatic rings. The molecule has 1 fully saturated rings. The lowest BCUT2D eigenvalue weighted by Gasteiger charge is -2.26. The topological polar surface area (TPSA) is 59.8 Å². The number of fused-ring (bicyclic) bond motifs is 1. The molecule has 2 heterocycles. The van der Waals surface area contributed by atoms with Crippen LogP contribution >= 0.6 is 0 Å². The maximum atomic E-state index is 11.8. The van der Waals surface area contributed by atoms with Crippen LogP contribution in [-0.2, 0) is 6.67 Å². The number of aliphatic hydroxyl groups excluding tert-OH is 1. The summed E-state index contributed by atoms with van der Waals surface area (Å²) in [6.07, 6.45) is 1.62. The number of oxazole rings is 1. The van der Waals surface area contributed by atoms with Gasteiger partial charge >= 0.3 is 5.76 Å². The van der Waals surface area contributed by atoms with E-state index in [1.807, 2.05) is 18.2 Å². The van der Waals surface area contributed by atoms with Gasteiger partial charge in [0.2, 0.25) is 0 Å². The minimum absolute atomic E-state index is 0.248. The number of aromatic nitrogens is 1.